The van der Waals surface area contributed by atoms with E-state index in [2.05, 4.69) is 27.7 Å². The van der Waals surface area contributed by atoms with Crippen molar-refractivity contribution in [1.29, 1.82) is 0 Å². The van der Waals surface area contributed by atoms with E-state index in [0.717, 1.165) is 60.0 Å². The predicted octanol–water partition coefficient (Wildman–Crippen LogP) is 4.48. The van der Waals surface area contributed by atoms with Crippen molar-refractivity contribution in [3.63, 3.8) is 0 Å². The number of aromatic nitrogens is 3. The second-order valence-electron chi connectivity index (χ2n) is 6.42. The van der Waals surface area contributed by atoms with Gasteiger partial charge in [0.1, 0.15) is 17.9 Å². The zero-order valence-electron chi connectivity index (χ0n) is 16.1. The van der Waals surface area contributed by atoms with Crippen molar-refractivity contribution in [2.24, 2.45) is 5.16 Å². The number of pyridine rings is 1. The SMILES string of the molecule is C/C=C\C/C=N/OCCCn1c(CCC)nc2c(N)nc3ccccc3c21. The smallest absolute Gasteiger partial charge is 0.152 e. The van der Waals surface area contributed by atoms with E-state index in [4.69, 9.17) is 15.6 Å². The van der Waals surface area contributed by atoms with Crippen molar-refractivity contribution in [3.8, 4) is 0 Å². The summed E-state index contributed by atoms with van der Waals surface area (Å²) in [6.45, 7) is 5.52. The van der Waals surface area contributed by atoms with Crippen molar-refractivity contribution < 1.29 is 4.84 Å². The number of para-hydroxylation sites is 1. The van der Waals surface area contributed by atoms with Gasteiger partial charge in [-0.3, -0.25) is 0 Å². The average Bonchev–Trinajstić information content (AvgIpc) is 3.04. The molecule has 6 nitrogen and oxygen atoms in total. The van der Waals surface area contributed by atoms with Crippen LogP contribution in [0.2, 0.25) is 0 Å². The normalized spacial score (nSPS) is 12.1. The van der Waals surface area contributed by atoms with Gasteiger partial charge < -0.3 is 15.1 Å². The van der Waals surface area contributed by atoms with Crippen LogP contribution >= 0.6 is 0 Å². The molecule has 0 saturated heterocycles. The number of nitrogen functional groups attached to an aromatic ring is 1. The first-order valence-electron chi connectivity index (χ1n) is 9.54. The molecular weight excluding hydrogens is 338 g/mol. The van der Waals surface area contributed by atoms with E-state index in [-0.39, 0.29) is 0 Å². The molecule has 6 heteroatoms. The number of rotatable bonds is 9. The van der Waals surface area contributed by atoms with Crippen LogP contribution in [0.4, 0.5) is 5.82 Å². The van der Waals surface area contributed by atoms with Crippen LogP contribution in [-0.4, -0.2) is 27.4 Å². The third-order valence-electron chi connectivity index (χ3n) is 4.41. The molecule has 0 unspecified atom stereocenters. The van der Waals surface area contributed by atoms with Crippen LogP contribution in [0.15, 0.2) is 41.6 Å². The summed E-state index contributed by atoms with van der Waals surface area (Å²) in [5.74, 6) is 1.54. The number of oxime groups is 1. The van der Waals surface area contributed by atoms with E-state index in [1.54, 1.807) is 6.21 Å². The quantitative estimate of drug-likeness (QED) is 0.262. The van der Waals surface area contributed by atoms with Crippen LogP contribution in [0.25, 0.3) is 21.9 Å². The summed E-state index contributed by atoms with van der Waals surface area (Å²) < 4.78 is 2.27. The van der Waals surface area contributed by atoms with Gasteiger partial charge >= 0.3 is 0 Å². The minimum absolute atomic E-state index is 0.490. The number of hydrogen-bond acceptors (Lipinski definition) is 5. The van der Waals surface area contributed by atoms with Gasteiger partial charge in [0.05, 0.1) is 11.0 Å². The van der Waals surface area contributed by atoms with Gasteiger partial charge in [0.2, 0.25) is 0 Å². The largest absolute Gasteiger partial charge is 0.396 e. The lowest BCUT2D eigenvalue weighted by Crippen LogP contribution is -2.06. The predicted molar refractivity (Wildman–Crippen MR) is 112 cm³/mol. The first-order chi connectivity index (χ1) is 13.3. The van der Waals surface area contributed by atoms with Gasteiger partial charge in [-0.05, 0) is 19.4 Å². The summed E-state index contributed by atoms with van der Waals surface area (Å²) in [6, 6.07) is 8.08. The molecule has 0 aliphatic heterocycles. The van der Waals surface area contributed by atoms with Crippen molar-refractivity contribution in [2.45, 2.75) is 46.1 Å². The standard InChI is InChI=1S/C21H27N5O/c1-3-5-8-13-23-27-15-9-14-26-18(10-4-2)25-19-20(26)16-11-6-7-12-17(16)24-21(19)22/h3,5-7,11-13H,4,8-10,14-15H2,1-2H3,(H2,22,24)/b5-3-,23-13+. The van der Waals surface area contributed by atoms with E-state index in [9.17, 15) is 0 Å². The maximum Gasteiger partial charge on any atom is 0.152 e. The molecule has 0 aliphatic carbocycles. The Morgan fingerprint density at radius 1 is 1.26 bits per heavy atom. The lowest BCUT2D eigenvalue weighted by molar-refractivity contribution is 0.139. The van der Waals surface area contributed by atoms with E-state index in [1.165, 1.54) is 0 Å². The van der Waals surface area contributed by atoms with Crippen molar-refractivity contribution in [3.05, 3.63) is 42.2 Å². The number of nitrogens with zero attached hydrogens (tertiary/aromatic N) is 4. The molecule has 0 amide bonds. The molecule has 0 saturated carbocycles. The van der Waals surface area contributed by atoms with E-state index >= 15 is 0 Å². The van der Waals surface area contributed by atoms with Gasteiger partial charge in [-0.2, -0.15) is 0 Å². The van der Waals surface area contributed by atoms with Crippen LogP contribution in [0.3, 0.4) is 0 Å². The zero-order chi connectivity index (χ0) is 19.1. The number of imidazole rings is 1. The van der Waals surface area contributed by atoms with Crippen LogP contribution in [0.5, 0.6) is 0 Å². The van der Waals surface area contributed by atoms with E-state index in [0.29, 0.717) is 12.4 Å². The third-order valence-corrected chi connectivity index (χ3v) is 4.41. The fraction of sp³-hybridized carbons (Fsp3) is 0.381. The molecule has 0 aliphatic rings. The summed E-state index contributed by atoms with van der Waals surface area (Å²) in [4.78, 5) is 14.7. The molecule has 2 N–H and O–H groups in total. The molecule has 0 radical (unpaired) electrons. The van der Waals surface area contributed by atoms with Crippen LogP contribution in [0, 0.1) is 0 Å². The molecule has 27 heavy (non-hydrogen) atoms. The monoisotopic (exact) mass is 365 g/mol. The molecule has 3 rings (SSSR count). The van der Waals surface area contributed by atoms with Crippen molar-refractivity contribution >= 4 is 34.0 Å². The summed E-state index contributed by atoms with van der Waals surface area (Å²) in [5.41, 5.74) is 8.96. The lowest BCUT2D eigenvalue weighted by atomic mass is 10.2. The van der Waals surface area contributed by atoms with Gasteiger partial charge in [-0.25, -0.2) is 9.97 Å². The van der Waals surface area contributed by atoms with Gasteiger partial charge in [-0.15, -0.1) is 0 Å². The van der Waals surface area contributed by atoms with Gasteiger partial charge in [0, 0.05) is 37.4 Å². The number of nitrogens with two attached hydrogens (primary N) is 1. The van der Waals surface area contributed by atoms with Crippen molar-refractivity contribution in [1.82, 2.24) is 14.5 Å². The Labute approximate surface area is 159 Å². The Morgan fingerprint density at radius 3 is 2.93 bits per heavy atom. The highest BCUT2D eigenvalue weighted by molar-refractivity contribution is 6.06. The summed E-state index contributed by atoms with van der Waals surface area (Å²) in [6.07, 6.45) is 9.38. The van der Waals surface area contributed by atoms with Gasteiger partial charge in [-0.1, -0.05) is 42.4 Å². The highest BCUT2D eigenvalue weighted by atomic mass is 16.6. The molecule has 2 aromatic heterocycles. The summed E-state index contributed by atoms with van der Waals surface area (Å²) in [5, 5.41) is 5.07. The molecule has 142 valence electrons. The Bertz CT molecular complexity index is 958. The third kappa shape index (κ3) is 4.27. The Morgan fingerprint density at radius 2 is 2.11 bits per heavy atom. The number of anilines is 1. The number of allylic oxidation sites excluding steroid dienone is 2. The van der Waals surface area contributed by atoms with Crippen LogP contribution in [0.1, 0.15) is 38.9 Å². The minimum atomic E-state index is 0.490. The number of aryl methyl sites for hydroxylation is 2. The molecule has 3 aromatic rings. The molecular formula is C21H27N5O. The topological polar surface area (TPSA) is 78.3 Å². The molecule has 0 spiro atoms. The molecule has 2 heterocycles. The highest BCUT2D eigenvalue weighted by Gasteiger charge is 2.16. The minimum Gasteiger partial charge on any atom is -0.396 e. The fourth-order valence-corrected chi connectivity index (χ4v) is 3.19. The van der Waals surface area contributed by atoms with E-state index < -0.39 is 0 Å². The Balaban J connectivity index is 1.84. The second-order valence-corrected chi connectivity index (χ2v) is 6.42. The first kappa shape index (κ1) is 18.9. The second kappa shape index (κ2) is 9.16. The average molecular weight is 365 g/mol. The van der Waals surface area contributed by atoms with Crippen LogP contribution in [-0.2, 0) is 17.8 Å². The van der Waals surface area contributed by atoms with Gasteiger partial charge in [0.25, 0.3) is 0 Å². The van der Waals surface area contributed by atoms with E-state index in [1.807, 2.05) is 37.3 Å². The van der Waals surface area contributed by atoms with Crippen molar-refractivity contribution in [2.75, 3.05) is 12.3 Å². The maximum absolute atomic E-state index is 6.20. The summed E-state index contributed by atoms with van der Waals surface area (Å²) >= 11 is 0. The number of fused-ring (bicyclic) bond motifs is 3. The molecule has 0 fully saturated rings. The first-order valence-corrected chi connectivity index (χ1v) is 9.54. The summed E-state index contributed by atoms with van der Waals surface area (Å²) in [7, 11) is 0. The van der Waals surface area contributed by atoms with Gasteiger partial charge in [0.15, 0.2) is 5.82 Å². The molecule has 0 bridgehead atoms. The maximum atomic E-state index is 6.20. The zero-order valence-corrected chi connectivity index (χ0v) is 16.1. The Kier molecular flexibility index (Phi) is 6.41. The lowest BCUT2D eigenvalue weighted by Gasteiger charge is -2.10. The highest BCUT2D eigenvalue weighted by Crippen LogP contribution is 2.29. The fourth-order valence-electron chi connectivity index (χ4n) is 3.19. The van der Waals surface area contributed by atoms with Crippen LogP contribution < -0.4 is 5.73 Å². The molecule has 0 atom stereocenters. The molecule has 1 aromatic carbocycles. The Hall–Kier alpha value is -2.89. The number of benzene rings is 1. The number of hydrogen-bond donors (Lipinski definition) is 1.